The number of methoxy groups -OCH3 is 2. The second-order valence-electron chi connectivity index (χ2n) is 3.23. The molecule has 0 aliphatic heterocycles. The molecule has 2 rings (SSSR count). The molecule has 2 nitrogen and oxygen atoms in total. The van der Waals surface area contributed by atoms with E-state index in [0.29, 0.717) is 0 Å². The van der Waals surface area contributed by atoms with Crippen LogP contribution in [0.1, 0.15) is 0 Å². The highest BCUT2D eigenvalue weighted by Gasteiger charge is 2.06. The average Bonchev–Trinajstić information content (AvgIpc) is 2.75. The van der Waals surface area contributed by atoms with Gasteiger partial charge in [0.2, 0.25) is 0 Å². The Bertz CT molecular complexity index is 471. The number of ether oxygens (including phenoxy) is 2. The van der Waals surface area contributed by atoms with Crippen LogP contribution in [0.5, 0.6) is 11.5 Å². The van der Waals surface area contributed by atoms with Crippen LogP contribution in [0.2, 0.25) is 0 Å². The molecule has 0 saturated heterocycles. The summed E-state index contributed by atoms with van der Waals surface area (Å²) in [5.74, 6) is 1.61. The molecule has 1 aromatic carbocycles. The Kier molecular flexibility index (Phi) is 3.51. The van der Waals surface area contributed by atoms with Gasteiger partial charge in [0.1, 0.15) is 11.5 Å². The van der Waals surface area contributed by atoms with E-state index in [1.54, 1.807) is 25.6 Å². The minimum Gasteiger partial charge on any atom is -0.497 e. The lowest BCUT2D eigenvalue weighted by atomic mass is 10.1. The van der Waals surface area contributed by atoms with Gasteiger partial charge in [-0.1, -0.05) is 0 Å². The fourth-order valence-corrected chi connectivity index (χ4v) is 2.83. The third-order valence-electron chi connectivity index (χ3n) is 2.20. The van der Waals surface area contributed by atoms with Gasteiger partial charge in [0.05, 0.1) is 14.2 Å². The third kappa shape index (κ3) is 2.39. The highest BCUT2D eigenvalue weighted by molar-refractivity contribution is 9.10. The first kappa shape index (κ1) is 11.5. The summed E-state index contributed by atoms with van der Waals surface area (Å²) in [6.07, 6.45) is 0. The first-order valence-corrected chi connectivity index (χ1v) is 6.37. The van der Waals surface area contributed by atoms with Crippen molar-refractivity contribution in [1.29, 1.82) is 0 Å². The molecule has 4 heteroatoms. The molecule has 84 valence electrons. The molecular formula is C12H11BrO2S. The lowest BCUT2D eigenvalue weighted by Gasteiger charge is -2.06. The molecule has 0 amide bonds. The van der Waals surface area contributed by atoms with Crippen molar-refractivity contribution in [3.63, 3.8) is 0 Å². The summed E-state index contributed by atoms with van der Waals surface area (Å²) in [5.41, 5.74) is 1.10. The van der Waals surface area contributed by atoms with Gasteiger partial charge >= 0.3 is 0 Å². The molecule has 0 N–H and O–H groups in total. The van der Waals surface area contributed by atoms with Gasteiger partial charge in [-0.2, -0.15) is 0 Å². The van der Waals surface area contributed by atoms with E-state index in [9.17, 15) is 0 Å². The van der Waals surface area contributed by atoms with Crippen molar-refractivity contribution >= 4 is 27.3 Å². The molecule has 0 spiro atoms. The number of thiophene rings is 1. The zero-order valence-electron chi connectivity index (χ0n) is 8.99. The fourth-order valence-electron chi connectivity index (χ4n) is 1.41. The van der Waals surface area contributed by atoms with Crippen molar-refractivity contribution in [2.24, 2.45) is 0 Å². The van der Waals surface area contributed by atoms with Crippen LogP contribution < -0.4 is 9.47 Å². The molecule has 0 saturated carbocycles. The van der Waals surface area contributed by atoms with E-state index in [1.807, 2.05) is 18.2 Å². The first-order chi connectivity index (χ1) is 7.72. The van der Waals surface area contributed by atoms with E-state index in [1.165, 1.54) is 4.88 Å². The molecule has 0 aliphatic carbocycles. The van der Waals surface area contributed by atoms with Crippen LogP contribution in [0.4, 0.5) is 0 Å². The largest absolute Gasteiger partial charge is 0.497 e. The SMILES string of the molecule is COc1cc(OC)cc(-c2cc(Br)cs2)c1. The number of hydrogen-bond acceptors (Lipinski definition) is 3. The molecule has 0 unspecified atom stereocenters. The summed E-state index contributed by atoms with van der Waals surface area (Å²) in [6, 6.07) is 7.95. The minimum absolute atomic E-state index is 0.805. The van der Waals surface area contributed by atoms with Crippen LogP contribution in [-0.4, -0.2) is 14.2 Å². The van der Waals surface area contributed by atoms with Crippen LogP contribution in [0.15, 0.2) is 34.1 Å². The van der Waals surface area contributed by atoms with Gasteiger partial charge in [0, 0.05) is 20.8 Å². The van der Waals surface area contributed by atoms with E-state index < -0.39 is 0 Å². The van der Waals surface area contributed by atoms with Crippen LogP contribution >= 0.6 is 27.3 Å². The molecule has 1 aromatic heterocycles. The first-order valence-electron chi connectivity index (χ1n) is 4.70. The van der Waals surface area contributed by atoms with Crippen LogP contribution in [-0.2, 0) is 0 Å². The van der Waals surface area contributed by atoms with Gasteiger partial charge in [-0.15, -0.1) is 11.3 Å². The fraction of sp³-hybridized carbons (Fsp3) is 0.167. The van der Waals surface area contributed by atoms with Gasteiger partial charge in [-0.25, -0.2) is 0 Å². The molecule has 0 atom stereocenters. The van der Waals surface area contributed by atoms with Crippen LogP contribution in [0, 0.1) is 0 Å². The Hall–Kier alpha value is -1.000. The maximum absolute atomic E-state index is 5.24. The Balaban J connectivity index is 2.47. The normalized spacial score (nSPS) is 10.2. The topological polar surface area (TPSA) is 18.5 Å². The molecule has 0 fully saturated rings. The highest BCUT2D eigenvalue weighted by Crippen LogP contribution is 2.34. The van der Waals surface area contributed by atoms with Gasteiger partial charge in [0.15, 0.2) is 0 Å². The number of benzene rings is 1. The summed E-state index contributed by atoms with van der Waals surface area (Å²) in [6.45, 7) is 0. The van der Waals surface area contributed by atoms with Gasteiger partial charge in [0.25, 0.3) is 0 Å². The van der Waals surface area contributed by atoms with Gasteiger partial charge in [-0.3, -0.25) is 0 Å². The second-order valence-corrected chi connectivity index (χ2v) is 5.06. The van der Waals surface area contributed by atoms with Crippen molar-refractivity contribution in [2.45, 2.75) is 0 Å². The zero-order chi connectivity index (χ0) is 11.5. The van der Waals surface area contributed by atoms with Crippen molar-refractivity contribution in [2.75, 3.05) is 14.2 Å². The Labute approximate surface area is 107 Å². The predicted octanol–water partition coefficient (Wildman–Crippen LogP) is 4.19. The second kappa shape index (κ2) is 4.89. The summed E-state index contributed by atoms with van der Waals surface area (Å²) in [4.78, 5) is 1.18. The van der Waals surface area contributed by atoms with Crippen molar-refractivity contribution < 1.29 is 9.47 Å². The third-order valence-corrected chi connectivity index (χ3v) is 3.94. The minimum atomic E-state index is 0.805. The molecule has 0 aliphatic rings. The van der Waals surface area contributed by atoms with E-state index >= 15 is 0 Å². The standard InChI is InChI=1S/C12H11BrO2S/c1-14-10-3-8(4-11(6-10)15-2)12-5-9(13)7-16-12/h3-7H,1-2H3. The van der Waals surface area contributed by atoms with E-state index in [0.717, 1.165) is 21.5 Å². The average molecular weight is 299 g/mol. The smallest absolute Gasteiger partial charge is 0.123 e. The maximum atomic E-state index is 5.24. The number of hydrogen-bond donors (Lipinski definition) is 0. The molecule has 16 heavy (non-hydrogen) atoms. The van der Waals surface area contributed by atoms with E-state index in [4.69, 9.17) is 9.47 Å². The van der Waals surface area contributed by atoms with Crippen LogP contribution in [0.3, 0.4) is 0 Å². The predicted molar refractivity (Wildman–Crippen MR) is 70.6 cm³/mol. The summed E-state index contributed by atoms with van der Waals surface area (Å²) < 4.78 is 11.6. The summed E-state index contributed by atoms with van der Waals surface area (Å²) in [7, 11) is 3.31. The summed E-state index contributed by atoms with van der Waals surface area (Å²) in [5, 5.41) is 2.06. The zero-order valence-corrected chi connectivity index (χ0v) is 11.4. The van der Waals surface area contributed by atoms with Crippen molar-refractivity contribution in [3.05, 3.63) is 34.1 Å². The maximum Gasteiger partial charge on any atom is 0.123 e. The monoisotopic (exact) mass is 298 g/mol. The summed E-state index contributed by atoms with van der Waals surface area (Å²) >= 11 is 5.13. The molecule has 1 heterocycles. The molecule has 2 aromatic rings. The molecule has 0 bridgehead atoms. The van der Waals surface area contributed by atoms with Gasteiger partial charge in [-0.05, 0) is 39.7 Å². The molecular weight excluding hydrogens is 288 g/mol. The lowest BCUT2D eigenvalue weighted by Crippen LogP contribution is -1.87. The highest BCUT2D eigenvalue weighted by atomic mass is 79.9. The molecule has 0 radical (unpaired) electrons. The Morgan fingerprint density at radius 1 is 1.00 bits per heavy atom. The van der Waals surface area contributed by atoms with E-state index in [-0.39, 0.29) is 0 Å². The lowest BCUT2D eigenvalue weighted by molar-refractivity contribution is 0.394. The van der Waals surface area contributed by atoms with Gasteiger partial charge < -0.3 is 9.47 Å². The number of halogens is 1. The Morgan fingerprint density at radius 3 is 2.06 bits per heavy atom. The Morgan fingerprint density at radius 2 is 1.62 bits per heavy atom. The van der Waals surface area contributed by atoms with Crippen LogP contribution in [0.25, 0.3) is 10.4 Å². The number of rotatable bonds is 3. The van der Waals surface area contributed by atoms with E-state index in [2.05, 4.69) is 27.4 Å². The quantitative estimate of drug-likeness (QED) is 0.846. The van der Waals surface area contributed by atoms with Crippen molar-refractivity contribution in [3.8, 4) is 21.9 Å². The van der Waals surface area contributed by atoms with Crippen molar-refractivity contribution in [1.82, 2.24) is 0 Å².